The maximum atomic E-state index is 12.5. The van der Waals surface area contributed by atoms with E-state index in [9.17, 15) is 4.79 Å². The van der Waals surface area contributed by atoms with Crippen molar-refractivity contribution in [2.24, 2.45) is 5.92 Å². The molecular weight excluding hydrogens is 356 g/mol. The lowest BCUT2D eigenvalue weighted by Gasteiger charge is -2.28. The highest BCUT2D eigenvalue weighted by Gasteiger charge is 2.21. The highest BCUT2D eigenvalue weighted by molar-refractivity contribution is 5.91. The largest absolute Gasteiger partial charge is 0.423 e. The molecule has 0 heterocycles. The fraction of sp³-hybridized carbons (Fsp3) is 0.519. The van der Waals surface area contributed by atoms with Gasteiger partial charge in [0.1, 0.15) is 5.75 Å². The highest BCUT2D eigenvalue weighted by Crippen LogP contribution is 2.36. The Morgan fingerprint density at radius 2 is 1.55 bits per heavy atom. The number of carbonyl (C=O) groups is 1. The van der Waals surface area contributed by atoms with Gasteiger partial charge in [0.05, 0.1) is 5.56 Å². The smallest absolute Gasteiger partial charge is 0.343 e. The van der Waals surface area contributed by atoms with Crippen molar-refractivity contribution in [3.63, 3.8) is 0 Å². The molecule has 1 aliphatic carbocycles. The molecule has 1 saturated carbocycles. The summed E-state index contributed by atoms with van der Waals surface area (Å²) < 4.78 is 5.57. The van der Waals surface area contributed by atoms with Crippen LogP contribution >= 0.6 is 0 Å². The summed E-state index contributed by atoms with van der Waals surface area (Å²) in [6, 6.07) is 16.0. The molecule has 0 spiro atoms. The lowest BCUT2D eigenvalue weighted by molar-refractivity contribution is 0.0734. The zero-order chi connectivity index (χ0) is 20.5. The molecule has 2 nitrogen and oxygen atoms in total. The van der Waals surface area contributed by atoms with Gasteiger partial charge in [-0.2, -0.15) is 0 Å². The molecule has 2 aromatic rings. The van der Waals surface area contributed by atoms with E-state index in [1.165, 1.54) is 68.9 Å². The molecule has 1 fully saturated rings. The number of esters is 1. The van der Waals surface area contributed by atoms with E-state index in [-0.39, 0.29) is 5.97 Å². The third-order valence-corrected chi connectivity index (χ3v) is 6.49. The molecule has 0 amide bonds. The zero-order valence-corrected chi connectivity index (χ0v) is 18.2. The molecule has 2 heteroatoms. The summed E-state index contributed by atoms with van der Waals surface area (Å²) >= 11 is 0. The molecule has 3 rings (SSSR count). The molecule has 0 atom stereocenters. The minimum atomic E-state index is -0.276. The Morgan fingerprint density at radius 1 is 0.862 bits per heavy atom. The van der Waals surface area contributed by atoms with Crippen molar-refractivity contribution in [3.8, 4) is 5.75 Å². The zero-order valence-electron chi connectivity index (χ0n) is 18.2. The van der Waals surface area contributed by atoms with Gasteiger partial charge in [-0.25, -0.2) is 4.79 Å². The van der Waals surface area contributed by atoms with E-state index in [1.54, 1.807) is 0 Å². The van der Waals surface area contributed by atoms with Crippen molar-refractivity contribution in [2.45, 2.75) is 84.0 Å². The van der Waals surface area contributed by atoms with E-state index >= 15 is 0 Å². The first-order chi connectivity index (χ1) is 14.2. The Balaban J connectivity index is 1.50. The number of hydrogen-bond acceptors (Lipinski definition) is 2. The second-order valence-corrected chi connectivity index (χ2v) is 8.59. The first-order valence-electron chi connectivity index (χ1n) is 11.6. The van der Waals surface area contributed by atoms with Crippen molar-refractivity contribution >= 4 is 5.97 Å². The maximum absolute atomic E-state index is 12.5. The van der Waals surface area contributed by atoms with Gasteiger partial charge in [-0.05, 0) is 85.8 Å². The van der Waals surface area contributed by atoms with Crippen LogP contribution < -0.4 is 4.74 Å². The second-order valence-electron chi connectivity index (χ2n) is 8.59. The molecule has 2 aromatic carbocycles. The number of carbonyl (C=O) groups excluding carboxylic acids is 1. The topological polar surface area (TPSA) is 26.3 Å². The van der Waals surface area contributed by atoms with Crippen LogP contribution in [0.25, 0.3) is 0 Å². The minimum Gasteiger partial charge on any atom is -0.423 e. The number of ether oxygens (including phenoxy) is 1. The van der Waals surface area contributed by atoms with E-state index in [1.807, 2.05) is 24.3 Å². The van der Waals surface area contributed by atoms with Gasteiger partial charge in [0.2, 0.25) is 0 Å². The van der Waals surface area contributed by atoms with Crippen molar-refractivity contribution in [3.05, 3.63) is 65.2 Å². The van der Waals surface area contributed by atoms with Crippen LogP contribution in [0.4, 0.5) is 0 Å². The van der Waals surface area contributed by atoms with Crippen LogP contribution in [0.3, 0.4) is 0 Å². The SMILES string of the molecule is CCCCCCc1ccc(OC(=O)c2ccc(C3CCC(CC)CC3)cc2)cc1. The van der Waals surface area contributed by atoms with E-state index < -0.39 is 0 Å². The van der Waals surface area contributed by atoms with E-state index in [0.29, 0.717) is 17.2 Å². The molecular formula is C27H36O2. The first kappa shape index (κ1) is 21.6. The summed E-state index contributed by atoms with van der Waals surface area (Å²) in [5.41, 5.74) is 3.30. The highest BCUT2D eigenvalue weighted by atomic mass is 16.5. The number of rotatable bonds is 9. The quantitative estimate of drug-likeness (QED) is 0.248. The molecule has 156 valence electrons. The van der Waals surface area contributed by atoms with Crippen molar-refractivity contribution in [1.29, 1.82) is 0 Å². The number of hydrogen-bond donors (Lipinski definition) is 0. The van der Waals surface area contributed by atoms with E-state index in [4.69, 9.17) is 4.74 Å². The standard InChI is InChI=1S/C27H36O2/c1-3-5-6-7-8-22-11-19-26(20-12-22)29-27(28)25-17-15-24(16-18-25)23-13-9-21(4-2)10-14-23/h11-12,15-21,23H,3-10,13-14H2,1-2H3. The average molecular weight is 393 g/mol. The van der Waals surface area contributed by atoms with E-state index in [2.05, 4.69) is 38.1 Å². The monoisotopic (exact) mass is 392 g/mol. The third kappa shape index (κ3) is 6.45. The molecule has 29 heavy (non-hydrogen) atoms. The van der Waals surface area contributed by atoms with Crippen LogP contribution in [0.5, 0.6) is 5.75 Å². The van der Waals surface area contributed by atoms with Crippen LogP contribution in [-0.4, -0.2) is 5.97 Å². The maximum Gasteiger partial charge on any atom is 0.343 e. The van der Waals surface area contributed by atoms with Gasteiger partial charge in [-0.15, -0.1) is 0 Å². The minimum absolute atomic E-state index is 0.276. The Morgan fingerprint density at radius 3 is 2.17 bits per heavy atom. The van der Waals surface area contributed by atoms with Crippen molar-refractivity contribution < 1.29 is 9.53 Å². The normalized spacial score (nSPS) is 19.1. The summed E-state index contributed by atoms with van der Waals surface area (Å²) in [6.45, 7) is 4.53. The Hall–Kier alpha value is -2.09. The molecule has 1 aliphatic rings. The van der Waals surface area contributed by atoms with Gasteiger partial charge < -0.3 is 4.74 Å². The first-order valence-corrected chi connectivity index (χ1v) is 11.6. The predicted molar refractivity (Wildman–Crippen MR) is 121 cm³/mol. The van der Waals surface area contributed by atoms with Gasteiger partial charge in [-0.1, -0.05) is 63.8 Å². The van der Waals surface area contributed by atoms with Gasteiger partial charge in [0.15, 0.2) is 0 Å². The number of unbranched alkanes of at least 4 members (excludes halogenated alkanes) is 3. The van der Waals surface area contributed by atoms with Gasteiger partial charge in [-0.3, -0.25) is 0 Å². The third-order valence-electron chi connectivity index (χ3n) is 6.49. The lowest BCUT2D eigenvalue weighted by Crippen LogP contribution is -2.13. The summed E-state index contributed by atoms with van der Waals surface area (Å²) in [7, 11) is 0. The molecule has 0 radical (unpaired) electrons. The molecule has 0 saturated heterocycles. The average Bonchev–Trinajstić information content (AvgIpc) is 2.78. The molecule has 0 bridgehead atoms. The fourth-order valence-corrected chi connectivity index (χ4v) is 4.44. The Kier molecular flexibility index (Phi) is 8.34. The summed E-state index contributed by atoms with van der Waals surface area (Å²) in [5, 5.41) is 0. The van der Waals surface area contributed by atoms with Gasteiger partial charge >= 0.3 is 5.97 Å². The predicted octanol–water partition coefficient (Wildman–Crippen LogP) is 7.71. The summed E-state index contributed by atoms with van der Waals surface area (Å²) in [4.78, 5) is 12.5. The van der Waals surface area contributed by atoms with Crippen molar-refractivity contribution in [1.82, 2.24) is 0 Å². The van der Waals surface area contributed by atoms with Crippen LogP contribution in [0.1, 0.15) is 99.0 Å². The lowest BCUT2D eigenvalue weighted by atomic mass is 9.78. The molecule has 0 aliphatic heterocycles. The van der Waals surface area contributed by atoms with Crippen LogP contribution in [0.15, 0.2) is 48.5 Å². The Labute approximate surface area is 176 Å². The van der Waals surface area contributed by atoms with Crippen LogP contribution in [-0.2, 0) is 6.42 Å². The summed E-state index contributed by atoms with van der Waals surface area (Å²) in [5.74, 6) is 1.90. The van der Waals surface area contributed by atoms with Crippen molar-refractivity contribution in [2.75, 3.05) is 0 Å². The fourth-order valence-electron chi connectivity index (χ4n) is 4.44. The van der Waals surface area contributed by atoms with Gasteiger partial charge in [0, 0.05) is 0 Å². The number of benzene rings is 2. The Bertz CT molecular complexity index is 737. The van der Waals surface area contributed by atoms with Crippen LogP contribution in [0.2, 0.25) is 0 Å². The van der Waals surface area contributed by atoms with Gasteiger partial charge in [0.25, 0.3) is 0 Å². The summed E-state index contributed by atoms with van der Waals surface area (Å²) in [6.07, 6.45) is 12.7. The second kappa shape index (κ2) is 11.2. The van der Waals surface area contributed by atoms with Crippen LogP contribution in [0, 0.1) is 5.92 Å². The molecule has 0 aromatic heterocycles. The number of aryl methyl sites for hydroxylation is 1. The van der Waals surface area contributed by atoms with E-state index in [0.717, 1.165) is 12.3 Å². The molecule has 0 unspecified atom stereocenters. The molecule has 0 N–H and O–H groups in total.